The molecule has 0 saturated heterocycles. The van der Waals surface area contributed by atoms with Gasteiger partial charge in [0.25, 0.3) is 5.91 Å². The van der Waals surface area contributed by atoms with E-state index in [0.29, 0.717) is 28.0 Å². The standard InChI is InChI=1S/C19H15ClN4O3/c1-11-2-3-12(20)6-14(11)24-18-8-15(21-9-22-18)19(25)23-13-4-5-16-17(7-13)27-10-26-16/h2-9H,10H2,1H3,(H,23,25)(H,21,22,24). The van der Waals surface area contributed by atoms with Gasteiger partial charge in [-0.1, -0.05) is 17.7 Å². The van der Waals surface area contributed by atoms with Crippen LogP contribution in [0.3, 0.4) is 0 Å². The quantitative estimate of drug-likeness (QED) is 0.704. The molecule has 1 aliphatic heterocycles. The zero-order chi connectivity index (χ0) is 18.8. The number of amides is 1. The van der Waals surface area contributed by atoms with Crippen molar-refractivity contribution in [3.05, 3.63) is 65.1 Å². The van der Waals surface area contributed by atoms with Crippen LogP contribution in [0.4, 0.5) is 17.2 Å². The minimum Gasteiger partial charge on any atom is -0.454 e. The first-order chi connectivity index (χ1) is 13.1. The Kier molecular flexibility index (Phi) is 4.52. The van der Waals surface area contributed by atoms with Crippen molar-refractivity contribution in [3.63, 3.8) is 0 Å². The Morgan fingerprint density at radius 2 is 1.93 bits per heavy atom. The Balaban J connectivity index is 1.51. The first kappa shape index (κ1) is 17.1. The van der Waals surface area contributed by atoms with Crippen LogP contribution >= 0.6 is 11.6 Å². The number of rotatable bonds is 4. The smallest absolute Gasteiger partial charge is 0.274 e. The summed E-state index contributed by atoms with van der Waals surface area (Å²) in [4.78, 5) is 20.7. The van der Waals surface area contributed by atoms with Crippen molar-refractivity contribution >= 4 is 34.7 Å². The second-order valence-electron chi connectivity index (χ2n) is 5.89. The molecule has 0 radical (unpaired) electrons. The SMILES string of the molecule is Cc1ccc(Cl)cc1Nc1cc(C(=O)Nc2ccc3c(c2)OCO3)ncn1. The van der Waals surface area contributed by atoms with Crippen molar-refractivity contribution in [2.75, 3.05) is 17.4 Å². The van der Waals surface area contributed by atoms with E-state index >= 15 is 0 Å². The topological polar surface area (TPSA) is 85.4 Å². The predicted molar refractivity (Wildman–Crippen MR) is 102 cm³/mol. The fraction of sp³-hybridized carbons (Fsp3) is 0.105. The van der Waals surface area contributed by atoms with E-state index in [1.54, 1.807) is 30.3 Å². The van der Waals surface area contributed by atoms with Crippen LogP contribution in [-0.2, 0) is 0 Å². The average Bonchev–Trinajstić information content (AvgIpc) is 3.13. The van der Waals surface area contributed by atoms with Crippen LogP contribution in [0.15, 0.2) is 48.8 Å². The van der Waals surface area contributed by atoms with E-state index in [4.69, 9.17) is 21.1 Å². The molecular weight excluding hydrogens is 368 g/mol. The Bertz CT molecular complexity index is 1030. The first-order valence-electron chi connectivity index (χ1n) is 8.15. The number of fused-ring (bicyclic) bond motifs is 1. The highest BCUT2D eigenvalue weighted by atomic mass is 35.5. The largest absolute Gasteiger partial charge is 0.454 e. The van der Waals surface area contributed by atoms with Gasteiger partial charge in [-0.15, -0.1) is 0 Å². The molecule has 0 unspecified atom stereocenters. The van der Waals surface area contributed by atoms with Gasteiger partial charge in [-0.2, -0.15) is 0 Å². The van der Waals surface area contributed by atoms with Gasteiger partial charge in [-0.05, 0) is 36.8 Å². The fourth-order valence-electron chi connectivity index (χ4n) is 2.59. The number of hydrogen-bond donors (Lipinski definition) is 2. The molecule has 4 rings (SSSR count). The Morgan fingerprint density at radius 3 is 2.81 bits per heavy atom. The van der Waals surface area contributed by atoms with Crippen LogP contribution in [0.5, 0.6) is 11.5 Å². The molecule has 0 aliphatic carbocycles. The maximum Gasteiger partial charge on any atom is 0.274 e. The zero-order valence-electron chi connectivity index (χ0n) is 14.3. The Labute approximate surface area is 160 Å². The lowest BCUT2D eigenvalue weighted by Gasteiger charge is -2.10. The molecule has 0 fully saturated rings. The van der Waals surface area contributed by atoms with Gasteiger partial charge in [0.05, 0.1) is 0 Å². The van der Waals surface area contributed by atoms with Crippen LogP contribution in [0.1, 0.15) is 16.1 Å². The number of benzene rings is 2. The van der Waals surface area contributed by atoms with Gasteiger partial charge < -0.3 is 20.1 Å². The van der Waals surface area contributed by atoms with Crippen LogP contribution in [0.2, 0.25) is 5.02 Å². The molecule has 0 spiro atoms. The maximum atomic E-state index is 12.5. The minimum absolute atomic E-state index is 0.177. The first-order valence-corrected chi connectivity index (χ1v) is 8.52. The molecular formula is C19H15ClN4O3. The summed E-state index contributed by atoms with van der Waals surface area (Å²) in [7, 11) is 0. The summed E-state index contributed by atoms with van der Waals surface area (Å²) in [6.45, 7) is 2.13. The van der Waals surface area contributed by atoms with Crippen molar-refractivity contribution in [3.8, 4) is 11.5 Å². The van der Waals surface area contributed by atoms with Crippen LogP contribution < -0.4 is 20.1 Å². The lowest BCUT2D eigenvalue weighted by molar-refractivity contribution is 0.102. The lowest BCUT2D eigenvalue weighted by atomic mass is 10.2. The third-order valence-corrected chi connectivity index (χ3v) is 4.23. The van der Waals surface area contributed by atoms with Gasteiger partial charge in [-0.3, -0.25) is 4.79 Å². The molecule has 7 nitrogen and oxygen atoms in total. The van der Waals surface area contributed by atoms with E-state index in [-0.39, 0.29) is 18.4 Å². The summed E-state index contributed by atoms with van der Waals surface area (Å²) < 4.78 is 10.6. The zero-order valence-corrected chi connectivity index (χ0v) is 15.1. The molecule has 1 amide bonds. The predicted octanol–water partition coefficient (Wildman–Crippen LogP) is 4.16. The van der Waals surface area contributed by atoms with Gasteiger partial charge in [0.1, 0.15) is 17.8 Å². The molecule has 0 atom stereocenters. The molecule has 27 heavy (non-hydrogen) atoms. The third kappa shape index (κ3) is 3.78. The molecule has 1 aromatic heterocycles. The molecule has 8 heteroatoms. The normalized spacial score (nSPS) is 11.9. The van der Waals surface area contributed by atoms with E-state index in [2.05, 4.69) is 20.6 Å². The molecule has 2 heterocycles. The van der Waals surface area contributed by atoms with Gasteiger partial charge >= 0.3 is 0 Å². The van der Waals surface area contributed by atoms with Crippen molar-refractivity contribution < 1.29 is 14.3 Å². The van der Waals surface area contributed by atoms with E-state index < -0.39 is 0 Å². The number of hydrogen-bond acceptors (Lipinski definition) is 6. The molecule has 3 aromatic rings. The number of ether oxygens (including phenoxy) is 2. The Hall–Kier alpha value is -3.32. The summed E-state index contributed by atoms with van der Waals surface area (Å²) >= 11 is 6.04. The fourth-order valence-corrected chi connectivity index (χ4v) is 2.76. The van der Waals surface area contributed by atoms with E-state index in [1.807, 2.05) is 19.1 Å². The van der Waals surface area contributed by atoms with E-state index in [1.165, 1.54) is 6.33 Å². The molecule has 2 aromatic carbocycles. The summed E-state index contributed by atoms with van der Waals surface area (Å²) in [6.07, 6.45) is 1.33. The number of halogens is 1. The highest BCUT2D eigenvalue weighted by molar-refractivity contribution is 6.30. The van der Waals surface area contributed by atoms with Crippen LogP contribution in [0, 0.1) is 6.92 Å². The van der Waals surface area contributed by atoms with Crippen LogP contribution in [-0.4, -0.2) is 22.7 Å². The number of aromatic nitrogens is 2. The number of carbonyl (C=O) groups is 1. The molecule has 136 valence electrons. The van der Waals surface area contributed by atoms with Crippen molar-refractivity contribution in [1.82, 2.24) is 9.97 Å². The van der Waals surface area contributed by atoms with Crippen molar-refractivity contribution in [2.24, 2.45) is 0 Å². The summed E-state index contributed by atoms with van der Waals surface area (Å²) in [6, 6.07) is 12.3. The van der Waals surface area contributed by atoms with Crippen LogP contribution in [0.25, 0.3) is 0 Å². The second-order valence-corrected chi connectivity index (χ2v) is 6.33. The van der Waals surface area contributed by atoms with Gasteiger partial charge in [0.2, 0.25) is 6.79 Å². The van der Waals surface area contributed by atoms with Gasteiger partial charge in [0, 0.05) is 28.5 Å². The highest BCUT2D eigenvalue weighted by Gasteiger charge is 2.15. The summed E-state index contributed by atoms with van der Waals surface area (Å²) in [5.41, 5.74) is 2.63. The molecule has 2 N–H and O–H groups in total. The number of nitrogens with one attached hydrogen (secondary N) is 2. The van der Waals surface area contributed by atoms with Gasteiger partial charge in [-0.25, -0.2) is 9.97 Å². The minimum atomic E-state index is -0.359. The second kappa shape index (κ2) is 7.13. The third-order valence-electron chi connectivity index (χ3n) is 3.99. The molecule has 0 bridgehead atoms. The maximum absolute atomic E-state index is 12.5. The van der Waals surface area contributed by atoms with Crippen molar-refractivity contribution in [1.29, 1.82) is 0 Å². The number of aryl methyl sites for hydroxylation is 1. The summed E-state index contributed by atoms with van der Waals surface area (Å²) in [5.74, 6) is 1.38. The molecule has 1 aliphatic rings. The van der Waals surface area contributed by atoms with Crippen molar-refractivity contribution in [2.45, 2.75) is 6.92 Å². The molecule has 0 saturated carbocycles. The number of carbonyl (C=O) groups excluding carboxylic acids is 1. The summed E-state index contributed by atoms with van der Waals surface area (Å²) in [5, 5.41) is 6.55. The van der Waals surface area contributed by atoms with E-state index in [0.717, 1.165) is 11.3 Å². The van der Waals surface area contributed by atoms with Gasteiger partial charge in [0.15, 0.2) is 11.5 Å². The lowest BCUT2D eigenvalue weighted by Crippen LogP contribution is -2.14. The average molecular weight is 383 g/mol. The number of anilines is 3. The highest BCUT2D eigenvalue weighted by Crippen LogP contribution is 2.34. The van der Waals surface area contributed by atoms with E-state index in [9.17, 15) is 4.79 Å². The Morgan fingerprint density at radius 1 is 1.07 bits per heavy atom. The number of nitrogens with zero attached hydrogens (tertiary/aromatic N) is 2. The monoisotopic (exact) mass is 382 g/mol.